The van der Waals surface area contributed by atoms with Crippen LogP contribution in [0.25, 0.3) is 0 Å². The third kappa shape index (κ3) is 4.09. The maximum Gasteiger partial charge on any atom is 0.253 e. The van der Waals surface area contributed by atoms with Gasteiger partial charge >= 0.3 is 0 Å². The van der Waals surface area contributed by atoms with E-state index in [1.807, 2.05) is 52.3 Å². The van der Waals surface area contributed by atoms with Gasteiger partial charge in [-0.2, -0.15) is 0 Å². The average Bonchev–Trinajstić information content (AvgIpc) is 3.09. The fraction of sp³-hybridized carbons (Fsp3) is 0.391. The highest BCUT2D eigenvalue weighted by atomic mass is 32.2. The van der Waals surface area contributed by atoms with Crippen molar-refractivity contribution in [3.8, 4) is 0 Å². The molecule has 2 atom stereocenters. The van der Waals surface area contributed by atoms with Gasteiger partial charge in [0.2, 0.25) is 5.91 Å². The van der Waals surface area contributed by atoms with Crippen molar-refractivity contribution in [2.75, 3.05) is 18.8 Å². The van der Waals surface area contributed by atoms with Crippen LogP contribution in [-0.2, 0) is 11.3 Å². The molecule has 0 saturated carbocycles. The van der Waals surface area contributed by atoms with E-state index in [9.17, 15) is 9.59 Å². The summed E-state index contributed by atoms with van der Waals surface area (Å²) in [5.74, 6) is 1.37. The summed E-state index contributed by atoms with van der Waals surface area (Å²) in [6.45, 7) is 4.52. The van der Waals surface area contributed by atoms with Gasteiger partial charge in [-0.15, -0.1) is 11.8 Å². The van der Waals surface area contributed by atoms with Gasteiger partial charge in [-0.3, -0.25) is 9.59 Å². The molecule has 2 fully saturated rings. The molecule has 2 saturated heterocycles. The molecule has 2 aliphatic rings. The summed E-state index contributed by atoms with van der Waals surface area (Å²) in [6.07, 6.45) is 2.28. The first-order chi connectivity index (χ1) is 13.6. The maximum atomic E-state index is 12.8. The molecule has 0 aliphatic carbocycles. The van der Waals surface area contributed by atoms with Gasteiger partial charge in [-0.25, -0.2) is 0 Å². The first-order valence-electron chi connectivity index (χ1n) is 9.96. The number of benzene rings is 2. The Bertz CT molecular complexity index is 837. The van der Waals surface area contributed by atoms with Crippen LogP contribution >= 0.6 is 11.8 Å². The number of rotatable bonds is 4. The van der Waals surface area contributed by atoms with Crippen molar-refractivity contribution in [2.45, 2.75) is 31.7 Å². The minimum atomic E-state index is 0.00636. The van der Waals surface area contributed by atoms with Crippen LogP contribution in [-0.4, -0.2) is 40.5 Å². The Morgan fingerprint density at radius 1 is 1.11 bits per heavy atom. The first-order valence-corrected chi connectivity index (χ1v) is 11.0. The third-order valence-corrected chi connectivity index (χ3v) is 6.81. The monoisotopic (exact) mass is 394 g/mol. The Hall–Kier alpha value is -2.27. The van der Waals surface area contributed by atoms with Crippen molar-refractivity contribution in [1.29, 1.82) is 0 Å². The molecule has 2 aromatic carbocycles. The summed E-state index contributed by atoms with van der Waals surface area (Å²) in [7, 11) is 0. The number of thioether (sulfide) groups is 1. The minimum absolute atomic E-state index is 0.00636. The molecule has 0 aromatic heterocycles. The Kier molecular flexibility index (Phi) is 5.72. The number of carbonyl (C=O) groups is 2. The quantitative estimate of drug-likeness (QED) is 0.775. The Morgan fingerprint density at radius 3 is 2.57 bits per heavy atom. The molecule has 5 heteroatoms. The zero-order valence-electron chi connectivity index (χ0n) is 16.2. The zero-order valence-corrected chi connectivity index (χ0v) is 17.0. The molecular weight excluding hydrogens is 368 g/mol. The number of carbonyl (C=O) groups excluding carboxylic acids is 2. The zero-order chi connectivity index (χ0) is 19.5. The highest BCUT2D eigenvalue weighted by molar-refractivity contribution is 8.00. The SMILES string of the molecule is C[C@H]1CCCN(C(=O)c2ccc([C@@H]3SCC(=O)N3Cc3ccccc3)cc2)C1. The molecule has 0 spiro atoms. The fourth-order valence-corrected chi connectivity index (χ4v) is 5.22. The number of piperidine rings is 1. The standard InChI is InChI=1S/C23H26N2O2S/c1-17-6-5-13-24(14-17)22(27)19-9-11-20(12-10-19)23-25(21(26)16-28-23)15-18-7-3-2-4-8-18/h2-4,7-12,17,23H,5-6,13-16H2,1H3/t17-,23-/m0/s1. The Balaban J connectivity index is 1.48. The lowest BCUT2D eigenvalue weighted by molar-refractivity contribution is -0.128. The van der Waals surface area contributed by atoms with Crippen LogP contribution in [0.4, 0.5) is 0 Å². The lowest BCUT2D eigenvalue weighted by Crippen LogP contribution is -2.39. The second-order valence-electron chi connectivity index (χ2n) is 7.79. The second kappa shape index (κ2) is 8.39. The van der Waals surface area contributed by atoms with Crippen molar-refractivity contribution in [2.24, 2.45) is 5.92 Å². The first kappa shape index (κ1) is 19.1. The summed E-state index contributed by atoms with van der Waals surface area (Å²) in [4.78, 5) is 29.1. The molecule has 2 aliphatic heterocycles. The molecule has 0 N–H and O–H groups in total. The van der Waals surface area contributed by atoms with Gasteiger partial charge in [0.05, 0.1) is 5.75 Å². The highest BCUT2D eigenvalue weighted by Crippen LogP contribution is 2.39. The number of hydrogen-bond donors (Lipinski definition) is 0. The maximum absolute atomic E-state index is 12.8. The summed E-state index contributed by atoms with van der Waals surface area (Å²) >= 11 is 1.65. The van der Waals surface area contributed by atoms with Crippen LogP contribution in [0.5, 0.6) is 0 Å². The minimum Gasteiger partial charge on any atom is -0.338 e. The molecule has 2 aromatic rings. The highest BCUT2D eigenvalue weighted by Gasteiger charge is 2.33. The molecule has 4 rings (SSSR count). The fourth-order valence-electron chi connectivity index (χ4n) is 4.03. The van der Waals surface area contributed by atoms with E-state index in [0.29, 0.717) is 18.2 Å². The van der Waals surface area contributed by atoms with Crippen LogP contribution in [0.3, 0.4) is 0 Å². The molecule has 0 radical (unpaired) electrons. The van der Waals surface area contributed by atoms with Gasteiger partial charge in [0.25, 0.3) is 5.91 Å². The van der Waals surface area contributed by atoms with Crippen molar-refractivity contribution in [3.05, 3.63) is 71.3 Å². The predicted molar refractivity (Wildman–Crippen MR) is 113 cm³/mol. The predicted octanol–water partition coefficient (Wildman–Crippen LogP) is 4.33. The number of nitrogens with zero attached hydrogens (tertiary/aromatic N) is 2. The lowest BCUT2D eigenvalue weighted by Gasteiger charge is -2.31. The van der Waals surface area contributed by atoms with Crippen LogP contribution in [0.15, 0.2) is 54.6 Å². The van der Waals surface area contributed by atoms with E-state index in [0.717, 1.165) is 36.2 Å². The van der Waals surface area contributed by atoms with Gasteiger partial charge in [-0.1, -0.05) is 49.4 Å². The van der Waals surface area contributed by atoms with E-state index in [2.05, 4.69) is 19.1 Å². The van der Waals surface area contributed by atoms with Crippen molar-refractivity contribution >= 4 is 23.6 Å². The van der Waals surface area contributed by atoms with E-state index in [1.165, 1.54) is 6.42 Å². The van der Waals surface area contributed by atoms with Crippen molar-refractivity contribution < 1.29 is 9.59 Å². The van der Waals surface area contributed by atoms with Gasteiger partial charge in [-0.05, 0) is 42.0 Å². The molecule has 2 amide bonds. The summed E-state index contributed by atoms with van der Waals surface area (Å²) < 4.78 is 0. The molecule has 4 nitrogen and oxygen atoms in total. The van der Waals surface area contributed by atoms with Gasteiger partial charge < -0.3 is 9.80 Å². The van der Waals surface area contributed by atoms with E-state index in [-0.39, 0.29) is 17.2 Å². The average molecular weight is 395 g/mol. The van der Waals surface area contributed by atoms with Gasteiger partial charge in [0, 0.05) is 25.2 Å². The molecule has 146 valence electrons. The van der Waals surface area contributed by atoms with Crippen molar-refractivity contribution in [1.82, 2.24) is 9.80 Å². The molecule has 2 heterocycles. The Morgan fingerprint density at radius 2 is 1.86 bits per heavy atom. The van der Waals surface area contributed by atoms with Crippen LogP contribution in [0.2, 0.25) is 0 Å². The summed E-state index contributed by atoms with van der Waals surface area (Å²) in [5, 5.41) is 0.00636. The van der Waals surface area contributed by atoms with E-state index in [4.69, 9.17) is 0 Å². The largest absolute Gasteiger partial charge is 0.338 e. The van der Waals surface area contributed by atoms with Crippen LogP contribution in [0.1, 0.15) is 46.6 Å². The smallest absolute Gasteiger partial charge is 0.253 e. The summed E-state index contributed by atoms with van der Waals surface area (Å²) in [6, 6.07) is 17.9. The molecule has 0 bridgehead atoms. The van der Waals surface area contributed by atoms with Crippen molar-refractivity contribution in [3.63, 3.8) is 0 Å². The molecular formula is C23H26N2O2S. The Labute approximate surface area is 170 Å². The number of amides is 2. The normalized spacial score (nSPS) is 22.5. The third-order valence-electron chi connectivity index (χ3n) is 5.55. The van der Waals surface area contributed by atoms with Gasteiger partial charge in [0.1, 0.15) is 5.37 Å². The summed E-state index contributed by atoms with van der Waals surface area (Å²) in [5.41, 5.74) is 2.95. The number of hydrogen-bond acceptors (Lipinski definition) is 3. The lowest BCUT2D eigenvalue weighted by atomic mass is 9.99. The van der Waals surface area contributed by atoms with E-state index in [1.54, 1.807) is 11.8 Å². The van der Waals surface area contributed by atoms with Crippen LogP contribution in [0, 0.1) is 5.92 Å². The molecule has 28 heavy (non-hydrogen) atoms. The second-order valence-corrected chi connectivity index (χ2v) is 8.86. The van der Waals surface area contributed by atoms with E-state index >= 15 is 0 Å². The molecule has 0 unspecified atom stereocenters. The van der Waals surface area contributed by atoms with Crippen LogP contribution < -0.4 is 0 Å². The van der Waals surface area contributed by atoms with E-state index < -0.39 is 0 Å². The van der Waals surface area contributed by atoms with Gasteiger partial charge in [0.15, 0.2) is 0 Å². The number of likely N-dealkylation sites (tertiary alicyclic amines) is 1. The topological polar surface area (TPSA) is 40.6 Å².